The molecule has 3 heterocycles. The molecule has 1 N–H and O–H groups in total. The van der Waals surface area contributed by atoms with Crippen molar-refractivity contribution in [2.45, 2.75) is 26.7 Å². The third-order valence-corrected chi connectivity index (χ3v) is 4.18. The van der Waals surface area contributed by atoms with E-state index in [0.29, 0.717) is 0 Å². The summed E-state index contributed by atoms with van der Waals surface area (Å²) in [6, 6.07) is 0. The standard InChI is InChI=1S/C15H20N4O2/c1-15(2)5-4-6-19(9-15)12-10-8-17-18(3)13(10)16-7-11(12)14(20)21/h7-8H,4-6,9H2,1-3H3,(H,20,21). The molecule has 1 aliphatic rings. The molecule has 0 spiro atoms. The molecule has 0 radical (unpaired) electrons. The molecule has 2 aromatic heterocycles. The molecule has 1 saturated heterocycles. The molecule has 21 heavy (non-hydrogen) atoms. The molecular weight excluding hydrogens is 268 g/mol. The highest BCUT2D eigenvalue weighted by atomic mass is 16.4. The average molecular weight is 288 g/mol. The molecule has 0 aromatic carbocycles. The average Bonchev–Trinajstić information content (AvgIpc) is 2.78. The van der Waals surface area contributed by atoms with E-state index in [-0.39, 0.29) is 11.0 Å². The van der Waals surface area contributed by atoms with E-state index in [1.807, 2.05) is 7.05 Å². The Labute approximate surface area is 123 Å². The number of carboxylic acid groups (broad SMARTS) is 1. The van der Waals surface area contributed by atoms with Crippen molar-refractivity contribution in [2.24, 2.45) is 12.5 Å². The Morgan fingerprint density at radius 2 is 2.14 bits per heavy atom. The quantitative estimate of drug-likeness (QED) is 0.918. The number of hydrogen-bond acceptors (Lipinski definition) is 4. The fraction of sp³-hybridized carbons (Fsp3) is 0.533. The lowest BCUT2D eigenvalue weighted by Crippen LogP contribution is -2.40. The number of nitrogens with zero attached hydrogens (tertiary/aromatic N) is 4. The van der Waals surface area contributed by atoms with Crippen molar-refractivity contribution in [1.82, 2.24) is 14.8 Å². The number of piperidine rings is 1. The summed E-state index contributed by atoms with van der Waals surface area (Å²) in [7, 11) is 1.82. The highest BCUT2D eigenvalue weighted by Crippen LogP contribution is 2.36. The topological polar surface area (TPSA) is 71.2 Å². The predicted molar refractivity (Wildman–Crippen MR) is 80.7 cm³/mol. The van der Waals surface area contributed by atoms with Crippen molar-refractivity contribution in [3.63, 3.8) is 0 Å². The number of hydrogen-bond donors (Lipinski definition) is 1. The van der Waals surface area contributed by atoms with Crippen molar-refractivity contribution in [2.75, 3.05) is 18.0 Å². The Morgan fingerprint density at radius 3 is 2.81 bits per heavy atom. The van der Waals surface area contributed by atoms with Gasteiger partial charge >= 0.3 is 5.97 Å². The van der Waals surface area contributed by atoms with Crippen LogP contribution in [0, 0.1) is 5.41 Å². The van der Waals surface area contributed by atoms with Gasteiger partial charge < -0.3 is 10.0 Å². The Kier molecular flexibility index (Phi) is 3.11. The minimum Gasteiger partial charge on any atom is -0.478 e. The molecule has 0 aliphatic carbocycles. The van der Waals surface area contributed by atoms with Gasteiger partial charge in [-0.3, -0.25) is 4.68 Å². The van der Waals surface area contributed by atoms with Gasteiger partial charge in [0.25, 0.3) is 0 Å². The van der Waals surface area contributed by atoms with Crippen LogP contribution < -0.4 is 4.90 Å². The lowest BCUT2D eigenvalue weighted by molar-refractivity contribution is 0.0697. The van der Waals surface area contributed by atoms with Gasteiger partial charge in [-0.25, -0.2) is 9.78 Å². The molecule has 6 nitrogen and oxygen atoms in total. The van der Waals surface area contributed by atoms with Gasteiger partial charge in [0, 0.05) is 26.3 Å². The van der Waals surface area contributed by atoms with Crippen molar-refractivity contribution in [3.05, 3.63) is 18.0 Å². The monoisotopic (exact) mass is 288 g/mol. The van der Waals surface area contributed by atoms with Crippen LogP contribution in [-0.4, -0.2) is 38.9 Å². The maximum atomic E-state index is 11.6. The Balaban J connectivity index is 2.18. The van der Waals surface area contributed by atoms with Crippen LogP contribution in [0.5, 0.6) is 0 Å². The van der Waals surface area contributed by atoms with Crippen LogP contribution in [0.25, 0.3) is 11.0 Å². The van der Waals surface area contributed by atoms with E-state index in [1.54, 1.807) is 10.9 Å². The van der Waals surface area contributed by atoms with Gasteiger partial charge in [-0.15, -0.1) is 0 Å². The molecule has 0 saturated carbocycles. The molecule has 2 aromatic rings. The highest BCUT2D eigenvalue weighted by Gasteiger charge is 2.30. The maximum Gasteiger partial charge on any atom is 0.339 e. The number of aromatic nitrogens is 3. The van der Waals surface area contributed by atoms with Crippen LogP contribution in [0.1, 0.15) is 37.0 Å². The Bertz CT molecular complexity index is 705. The summed E-state index contributed by atoms with van der Waals surface area (Å²) < 4.78 is 1.68. The van der Waals surface area contributed by atoms with Crippen LogP contribution in [-0.2, 0) is 7.05 Å². The molecule has 0 bridgehead atoms. The minimum absolute atomic E-state index is 0.186. The van der Waals surface area contributed by atoms with Crippen LogP contribution in [0.3, 0.4) is 0 Å². The van der Waals surface area contributed by atoms with E-state index in [1.165, 1.54) is 6.20 Å². The zero-order chi connectivity index (χ0) is 15.2. The van der Waals surface area contributed by atoms with Gasteiger partial charge in [0.15, 0.2) is 5.65 Å². The number of fused-ring (bicyclic) bond motifs is 1. The molecule has 112 valence electrons. The van der Waals surface area contributed by atoms with Crippen molar-refractivity contribution in [1.29, 1.82) is 0 Å². The summed E-state index contributed by atoms with van der Waals surface area (Å²) in [6.07, 6.45) is 5.39. The SMILES string of the molecule is Cn1ncc2c(N3CCCC(C)(C)C3)c(C(=O)O)cnc21. The van der Waals surface area contributed by atoms with E-state index in [4.69, 9.17) is 0 Å². The maximum absolute atomic E-state index is 11.6. The van der Waals surface area contributed by atoms with E-state index in [0.717, 1.165) is 42.7 Å². The number of anilines is 1. The first kappa shape index (κ1) is 13.9. The summed E-state index contributed by atoms with van der Waals surface area (Å²) in [4.78, 5) is 18.0. The number of rotatable bonds is 2. The summed E-state index contributed by atoms with van der Waals surface area (Å²) in [6.45, 7) is 6.17. The third-order valence-electron chi connectivity index (χ3n) is 4.18. The smallest absolute Gasteiger partial charge is 0.339 e. The molecule has 1 fully saturated rings. The van der Waals surface area contributed by atoms with Crippen molar-refractivity contribution < 1.29 is 9.90 Å². The van der Waals surface area contributed by atoms with Crippen LogP contribution in [0.4, 0.5) is 5.69 Å². The van der Waals surface area contributed by atoms with Crippen molar-refractivity contribution >= 4 is 22.7 Å². The molecule has 0 unspecified atom stereocenters. The van der Waals surface area contributed by atoms with Gasteiger partial charge in [0.1, 0.15) is 5.56 Å². The predicted octanol–water partition coefficient (Wildman–Crippen LogP) is 2.29. The minimum atomic E-state index is -0.938. The van der Waals surface area contributed by atoms with Gasteiger partial charge in [0.2, 0.25) is 0 Å². The lowest BCUT2D eigenvalue weighted by atomic mass is 9.83. The van der Waals surface area contributed by atoms with Crippen molar-refractivity contribution in [3.8, 4) is 0 Å². The number of pyridine rings is 1. The van der Waals surface area contributed by atoms with Gasteiger partial charge in [-0.1, -0.05) is 13.8 Å². The van der Waals surface area contributed by atoms with Gasteiger partial charge in [-0.05, 0) is 18.3 Å². The largest absolute Gasteiger partial charge is 0.478 e. The number of carboxylic acids is 1. The van der Waals surface area contributed by atoms with E-state index in [2.05, 4.69) is 28.8 Å². The van der Waals surface area contributed by atoms with Crippen LogP contribution in [0.2, 0.25) is 0 Å². The summed E-state index contributed by atoms with van der Waals surface area (Å²) >= 11 is 0. The third kappa shape index (κ3) is 2.34. The normalized spacial score (nSPS) is 18.1. The second kappa shape index (κ2) is 4.72. The first-order chi connectivity index (χ1) is 9.89. The lowest BCUT2D eigenvalue weighted by Gasteiger charge is -2.40. The second-order valence-electron chi connectivity index (χ2n) is 6.52. The highest BCUT2D eigenvalue weighted by molar-refractivity contribution is 6.03. The van der Waals surface area contributed by atoms with E-state index < -0.39 is 5.97 Å². The van der Waals surface area contributed by atoms with E-state index >= 15 is 0 Å². The number of aryl methyl sites for hydroxylation is 1. The second-order valence-corrected chi connectivity index (χ2v) is 6.52. The van der Waals surface area contributed by atoms with Gasteiger partial charge in [0.05, 0.1) is 17.3 Å². The summed E-state index contributed by atoms with van der Waals surface area (Å²) in [5.41, 5.74) is 1.92. The van der Waals surface area contributed by atoms with Gasteiger partial charge in [-0.2, -0.15) is 5.10 Å². The Hall–Kier alpha value is -2.11. The molecule has 1 aliphatic heterocycles. The molecule has 0 atom stereocenters. The number of carbonyl (C=O) groups is 1. The number of aromatic carboxylic acids is 1. The first-order valence-corrected chi connectivity index (χ1v) is 7.18. The molecular formula is C15H20N4O2. The fourth-order valence-electron chi connectivity index (χ4n) is 3.19. The summed E-state index contributed by atoms with van der Waals surface area (Å²) in [5, 5.41) is 14.5. The zero-order valence-corrected chi connectivity index (χ0v) is 12.6. The first-order valence-electron chi connectivity index (χ1n) is 7.18. The molecule has 3 rings (SSSR count). The van der Waals surface area contributed by atoms with E-state index in [9.17, 15) is 9.90 Å². The fourth-order valence-corrected chi connectivity index (χ4v) is 3.19. The zero-order valence-electron chi connectivity index (χ0n) is 12.6. The van der Waals surface area contributed by atoms with Crippen LogP contribution >= 0.6 is 0 Å². The summed E-state index contributed by atoms with van der Waals surface area (Å²) in [5.74, 6) is -0.938. The Morgan fingerprint density at radius 1 is 1.38 bits per heavy atom. The molecule has 6 heteroatoms. The van der Waals surface area contributed by atoms with Crippen LogP contribution in [0.15, 0.2) is 12.4 Å². The molecule has 0 amide bonds.